The highest BCUT2D eigenvalue weighted by atomic mass is 32.1. The quantitative estimate of drug-likeness (QED) is 0.608. The zero-order valence-electron chi connectivity index (χ0n) is 5.59. The van der Waals surface area contributed by atoms with E-state index in [9.17, 15) is 4.80 Å². The van der Waals surface area contributed by atoms with Gasteiger partial charge in [-0.05, 0) is 35.1 Å². The molecule has 0 spiro atoms. The minimum absolute atomic E-state index is 1.13. The van der Waals surface area contributed by atoms with Crippen molar-refractivity contribution in [3.05, 3.63) is 16.8 Å². The third-order valence-electron chi connectivity index (χ3n) is 1.23. The smallest absolute Gasteiger partial charge is 0.214 e. The Morgan fingerprint density at radius 3 is 2.44 bits per heavy atom. The molecular formula is C6H10OSSi. The van der Waals surface area contributed by atoms with Gasteiger partial charge in [0, 0.05) is 0 Å². The maximum atomic E-state index is 9.52. The fourth-order valence-electron chi connectivity index (χ4n) is 0.613. The first-order valence-electron chi connectivity index (χ1n) is 2.86. The molecule has 9 heavy (non-hydrogen) atoms. The van der Waals surface area contributed by atoms with E-state index in [2.05, 4.69) is 0 Å². The maximum absolute atomic E-state index is 9.52. The number of thiophene rings is 1. The summed E-state index contributed by atoms with van der Waals surface area (Å²) in [5.74, 6) is 0. The molecule has 1 aromatic heterocycles. The van der Waals surface area contributed by atoms with Crippen LogP contribution in [0.2, 0.25) is 13.1 Å². The summed E-state index contributed by atoms with van der Waals surface area (Å²) in [6.45, 7) is 3.85. The summed E-state index contributed by atoms with van der Waals surface area (Å²) in [5, 5.41) is 5.15. The number of hydrogen-bond donors (Lipinski definition) is 1. The van der Waals surface area contributed by atoms with Crippen molar-refractivity contribution in [2.75, 3.05) is 0 Å². The highest BCUT2D eigenvalue weighted by Crippen LogP contribution is 2.01. The van der Waals surface area contributed by atoms with Gasteiger partial charge in [-0.25, -0.2) is 0 Å². The highest BCUT2D eigenvalue weighted by Gasteiger charge is 2.19. The zero-order chi connectivity index (χ0) is 6.91. The number of hydrogen-bond acceptors (Lipinski definition) is 2. The van der Waals surface area contributed by atoms with E-state index < -0.39 is 8.32 Å². The van der Waals surface area contributed by atoms with Crippen LogP contribution in [-0.2, 0) is 0 Å². The van der Waals surface area contributed by atoms with Gasteiger partial charge in [0.15, 0.2) is 0 Å². The largest absolute Gasteiger partial charge is 0.428 e. The summed E-state index contributed by atoms with van der Waals surface area (Å²) >= 11 is 1.64. The third-order valence-corrected chi connectivity index (χ3v) is 3.84. The highest BCUT2D eigenvalue weighted by molar-refractivity contribution is 7.09. The van der Waals surface area contributed by atoms with Crippen LogP contribution in [0.5, 0.6) is 0 Å². The molecule has 3 heteroatoms. The molecule has 0 radical (unpaired) electrons. The van der Waals surface area contributed by atoms with Crippen LogP contribution >= 0.6 is 11.3 Å². The van der Waals surface area contributed by atoms with Crippen molar-refractivity contribution >= 4 is 24.8 Å². The van der Waals surface area contributed by atoms with E-state index in [0.717, 1.165) is 5.19 Å². The van der Waals surface area contributed by atoms with E-state index in [1.54, 1.807) is 11.3 Å². The standard InChI is InChI=1S/C6H10OSSi/c1-9(2,7)6-3-4-8-5-6/h3-5,7H,1-2H3. The van der Waals surface area contributed by atoms with Gasteiger partial charge >= 0.3 is 0 Å². The van der Waals surface area contributed by atoms with Gasteiger partial charge in [-0.2, -0.15) is 11.3 Å². The van der Waals surface area contributed by atoms with Crippen LogP contribution in [0, 0.1) is 0 Å². The fraction of sp³-hybridized carbons (Fsp3) is 0.333. The molecule has 0 aliphatic carbocycles. The van der Waals surface area contributed by atoms with Crippen molar-refractivity contribution in [1.29, 1.82) is 0 Å². The van der Waals surface area contributed by atoms with Crippen molar-refractivity contribution in [3.63, 3.8) is 0 Å². The van der Waals surface area contributed by atoms with Crippen molar-refractivity contribution < 1.29 is 4.80 Å². The van der Waals surface area contributed by atoms with Crippen LogP contribution < -0.4 is 5.19 Å². The summed E-state index contributed by atoms with van der Waals surface area (Å²) in [7, 11) is -1.97. The minimum atomic E-state index is -1.97. The van der Waals surface area contributed by atoms with Gasteiger partial charge in [-0.3, -0.25) is 0 Å². The molecule has 0 atom stereocenters. The Kier molecular flexibility index (Phi) is 1.74. The Balaban J connectivity index is 2.90. The molecule has 1 nitrogen and oxygen atoms in total. The average Bonchev–Trinajstić information content (AvgIpc) is 2.08. The van der Waals surface area contributed by atoms with Crippen LogP contribution in [0.25, 0.3) is 0 Å². The zero-order valence-corrected chi connectivity index (χ0v) is 7.40. The molecule has 0 fully saturated rings. The van der Waals surface area contributed by atoms with Crippen molar-refractivity contribution in [2.24, 2.45) is 0 Å². The van der Waals surface area contributed by atoms with Gasteiger partial charge in [-0.1, -0.05) is 0 Å². The van der Waals surface area contributed by atoms with E-state index in [0.29, 0.717) is 0 Å². The molecule has 0 aromatic carbocycles. The first-order chi connectivity index (χ1) is 4.11. The van der Waals surface area contributed by atoms with Crippen molar-refractivity contribution in [2.45, 2.75) is 13.1 Å². The van der Waals surface area contributed by atoms with E-state index >= 15 is 0 Å². The number of rotatable bonds is 1. The molecular weight excluding hydrogens is 148 g/mol. The lowest BCUT2D eigenvalue weighted by molar-refractivity contribution is 0.568. The van der Waals surface area contributed by atoms with Crippen LogP contribution in [0.1, 0.15) is 0 Å². The molecule has 1 rings (SSSR count). The van der Waals surface area contributed by atoms with Crippen LogP contribution in [0.4, 0.5) is 0 Å². The Labute approximate surface area is 60.1 Å². The molecule has 0 unspecified atom stereocenters. The van der Waals surface area contributed by atoms with Gasteiger partial charge in [0.05, 0.1) is 0 Å². The molecule has 0 saturated heterocycles. The first kappa shape index (κ1) is 6.99. The topological polar surface area (TPSA) is 20.2 Å². The Bertz CT molecular complexity index is 175. The molecule has 1 aromatic rings. The Morgan fingerprint density at radius 2 is 2.22 bits per heavy atom. The fourth-order valence-corrected chi connectivity index (χ4v) is 3.11. The second-order valence-electron chi connectivity index (χ2n) is 2.57. The van der Waals surface area contributed by atoms with Gasteiger partial charge in [0.1, 0.15) is 0 Å². The lowest BCUT2D eigenvalue weighted by Gasteiger charge is -2.10. The van der Waals surface area contributed by atoms with Crippen LogP contribution in [-0.4, -0.2) is 13.1 Å². The molecule has 0 aliphatic heterocycles. The molecule has 0 aliphatic rings. The summed E-state index contributed by atoms with van der Waals surface area (Å²) in [4.78, 5) is 9.52. The van der Waals surface area contributed by atoms with E-state index in [4.69, 9.17) is 0 Å². The normalized spacial score (nSPS) is 11.9. The molecule has 1 heterocycles. The average molecular weight is 158 g/mol. The second-order valence-corrected chi connectivity index (χ2v) is 7.05. The summed E-state index contributed by atoms with van der Waals surface area (Å²) in [6, 6.07) is 2.00. The van der Waals surface area contributed by atoms with Crippen LogP contribution in [0.15, 0.2) is 16.8 Å². The predicted molar refractivity (Wildman–Crippen MR) is 43.7 cm³/mol. The van der Waals surface area contributed by atoms with E-state index in [1.807, 2.05) is 29.9 Å². The Morgan fingerprint density at radius 1 is 1.56 bits per heavy atom. The minimum Gasteiger partial charge on any atom is -0.428 e. The molecule has 0 bridgehead atoms. The SMILES string of the molecule is C[Si](C)(O)c1ccsc1. The predicted octanol–water partition coefficient (Wildman–Crippen LogP) is 1.15. The summed E-state index contributed by atoms with van der Waals surface area (Å²) in [6.07, 6.45) is 0. The molecule has 50 valence electrons. The van der Waals surface area contributed by atoms with Crippen LogP contribution in [0.3, 0.4) is 0 Å². The van der Waals surface area contributed by atoms with Crippen molar-refractivity contribution in [1.82, 2.24) is 0 Å². The second kappa shape index (κ2) is 2.25. The van der Waals surface area contributed by atoms with Gasteiger partial charge < -0.3 is 4.80 Å². The molecule has 1 N–H and O–H groups in total. The Hall–Kier alpha value is -0.123. The lowest BCUT2D eigenvalue weighted by atomic mass is 10.7. The molecule has 0 amide bonds. The summed E-state index contributed by atoms with van der Waals surface area (Å²) < 4.78 is 0. The lowest BCUT2D eigenvalue weighted by Crippen LogP contribution is -2.40. The van der Waals surface area contributed by atoms with Gasteiger partial charge in [-0.15, -0.1) is 0 Å². The third kappa shape index (κ3) is 1.64. The molecule has 0 saturated carbocycles. The monoisotopic (exact) mass is 158 g/mol. The van der Waals surface area contributed by atoms with Crippen molar-refractivity contribution in [3.8, 4) is 0 Å². The first-order valence-corrected chi connectivity index (χ1v) is 6.75. The maximum Gasteiger partial charge on any atom is 0.214 e. The van der Waals surface area contributed by atoms with Gasteiger partial charge in [0.2, 0.25) is 8.32 Å². The van der Waals surface area contributed by atoms with Gasteiger partial charge in [0.25, 0.3) is 0 Å². The summed E-state index contributed by atoms with van der Waals surface area (Å²) in [5.41, 5.74) is 0. The van der Waals surface area contributed by atoms with E-state index in [-0.39, 0.29) is 0 Å². The van der Waals surface area contributed by atoms with E-state index in [1.165, 1.54) is 0 Å².